The quantitative estimate of drug-likeness (QED) is 0.807. The Morgan fingerprint density at radius 1 is 1.50 bits per heavy atom. The van der Waals surface area contributed by atoms with Crippen molar-refractivity contribution in [2.75, 3.05) is 0 Å². The van der Waals surface area contributed by atoms with E-state index < -0.39 is 0 Å². The molecule has 0 spiro atoms. The maximum atomic E-state index is 5.47. The Hall–Kier alpha value is -0.250. The van der Waals surface area contributed by atoms with Gasteiger partial charge in [-0.25, -0.2) is 0 Å². The highest BCUT2D eigenvalue weighted by atomic mass is 35.5. The van der Waals surface area contributed by atoms with Crippen molar-refractivity contribution in [3.8, 4) is 0 Å². The second kappa shape index (κ2) is 6.29. The number of aromatic nitrogens is 2. The van der Waals surface area contributed by atoms with Crippen LogP contribution in [0.2, 0.25) is 0 Å². The summed E-state index contributed by atoms with van der Waals surface area (Å²) in [6, 6.07) is 0. The molecule has 0 saturated carbocycles. The molecule has 1 rings (SSSR count). The molecule has 0 aliphatic carbocycles. The zero-order valence-electron chi connectivity index (χ0n) is 7.28. The Kier molecular flexibility index (Phi) is 7.48. The molecule has 1 aromatic heterocycles. The molecule has 0 fully saturated rings. The van der Waals surface area contributed by atoms with Crippen LogP contribution < -0.4 is 5.73 Å². The molecule has 0 unspecified atom stereocenters. The molecule has 0 aromatic carbocycles. The van der Waals surface area contributed by atoms with Gasteiger partial charge in [0.05, 0.1) is 6.20 Å². The Morgan fingerprint density at radius 3 is 2.33 bits per heavy atom. The Labute approximate surface area is 85.1 Å². The van der Waals surface area contributed by atoms with Crippen LogP contribution in [0.15, 0.2) is 6.20 Å². The van der Waals surface area contributed by atoms with E-state index in [1.54, 1.807) is 0 Å². The van der Waals surface area contributed by atoms with Crippen molar-refractivity contribution in [3.05, 3.63) is 17.5 Å². The summed E-state index contributed by atoms with van der Waals surface area (Å²) in [7, 11) is 0. The standard InChI is InChI=1S/C7H13N3.2ClH/c1-3-10-6(2)7(4-8)5-9-10;;/h5H,3-4,8H2,1-2H3;2*1H. The number of hydrogen-bond acceptors (Lipinski definition) is 2. The summed E-state index contributed by atoms with van der Waals surface area (Å²) < 4.78 is 1.95. The van der Waals surface area contributed by atoms with Crippen molar-refractivity contribution in [1.82, 2.24) is 9.78 Å². The van der Waals surface area contributed by atoms with Crippen molar-refractivity contribution in [2.24, 2.45) is 5.73 Å². The SMILES string of the molecule is CCn1ncc(CN)c1C.Cl.Cl. The van der Waals surface area contributed by atoms with Gasteiger partial charge in [-0.05, 0) is 13.8 Å². The minimum absolute atomic E-state index is 0. The van der Waals surface area contributed by atoms with Crippen LogP contribution in [0.3, 0.4) is 0 Å². The molecule has 0 aliphatic heterocycles. The largest absolute Gasteiger partial charge is 0.326 e. The van der Waals surface area contributed by atoms with Gasteiger partial charge in [0.1, 0.15) is 0 Å². The highest BCUT2D eigenvalue weighted by Gasteiger charge is 2.00. The third-order valence-corrected chi connectivity index (χ3v) is 1.72. The minimum atomic E-state index is 0. The van der Waals surface area contributed by atoms with Crippen LogP contribution >= 0.6 is 24.8 Å². The predicted octanol–water partition coefficient (Wildman–Crippen LogP) is 1.51. The van der Waals surface area contributed by atoms with E-state index in [0.29, 0.717) is 6.54 Å². The predicted molar refractivity (Wildman–Crippen MR) is 55.0 cm³/mol. The number of hydrogen-bond donors (Lipinski definition) is 1. The summed E-state index contributed by atoms with van der Waals surface area (Å²) in [4.78, 5) is 0. The summed E-state index contributed by atoms with van der Waals surface area (Å²) in [5, 5.41) is 4.14. The van der Waals surface area contributed by atoms with Crippen LogP contribution in [-0.4, -0.2) is 9.78 Å². The molecule has 0 saturated heterocycles. The van der Waals surface area contributed by atoms with Gasteiger partial charge in [-0.3, -0.25) is 4.68 Å². The summed E-state index contributed by atoms with van der Waals surface area (Å²) in [6.07, 6.45) is 1.83. The number of nitrogens with zero attached hydrogens (tertiary/aromatic N) is 2. The lowest BCUT2D eigenvalue weighted by atomic mass is 10.3. The number of nitrogens with two attached hydrogens (primary N) is 1. The Balaban J connectivity index is 0. The van der Waals surface area contributed by atoms with Gasteiger partial charge >= 0.3 is 0 Å². The van der Waals surface area contributed by atoms with Gasteiger partial charge in [0.25, 0.3) is 0 Å². The van der Waals surface area contributed by atoms with E-state index in [1.807, 2.05) is 17.8 Å². The average molecular weight is 212 g/mol. The summed E-state index contributed by atoms with van der Waals surface area (Å²) >= 11 is 0. The zero-order valence-corrected chi connectivity index (χ0v) is 8.91. The summed E-state index contributed by atoms with van der Waals surface area (Å²) in [5.74, 6) is 0. The molecule has 0 aliphatic rings. The average Bonchev–Trinajstić information content (AvgIpc) is 2.30. The lowest BCUT2D eigenvalue weighted by Gasteiger charge is -1.98. The van der Waals surface area contributed by atoms with Crippen molar-refractivity contribution in [3.63, 3.8) is 0 Å². The zero-order chi connectivity index (χ0) is 7.56. The topological polar surface area (TPSA) is 43.8 Å². The molecule has 0 radical (unpaired) electrons. The van der Waals surface area contributed by atoms with Gasteiger partial charge < -0.3 is 5.73 Å². The first-order valence-corrected chi connectivity index (χ1v) is 3.51. The van der Waals surface area contributed by atoms with Gasteiger partial charge in [0.2, 0.25) is 0 Å². The molecule has 0 atom stereocenters. The molecular weight excluding hydrogens is 197 g/mol. The van der Waals surface area contributed by atoms with Gasteiger partial charge in [-0.15, -0.1) is 24.8 Å². The van der Waals surface area contributed by atoms with Crippen LogP contribution in [0.5, 0.6) is 0 Å². The maximum Gasteiger partial charge on any atom is 0.0537 e. The fraction of sp³-hybridized carbons (Fsp3) is 0.571. The number of halogens is 2. The van der Waals surface area contributed by atoms with Crippen LogP contribution in [-0.2, 0) is 13.1 Å². The van der Waals surface area contributed by atoms with Crippen molar-refractivity contribution in [2.45, 2.75) is 26.9 Å². The third kappa shape index (κ3) is 2.66. The Bertz CT molecular complexity index is 201. The highest BCUT2D eigenvalue weighted by Crippen LogP contribution is 2.04. The molecule has 3 nitrogen and oxygen atoms in total. The first kappa shape index (κ1) is 14.3. The maximum absolute atomic E-state index is 5.47. The van der Waals surface area contributed by atoms with Crippen LogP contribution in [0.1, 0.15) is 18.2 Å². The minimum Gasteiger partial charge on any atom is -0.326 e. The lowest BCUT2D eigenvalue weighted by Crippen LogP contribution is -2.01. The van der Waals surface area contributed by atoms with E-state index in [-0.39, 0.29) is 24.8 Å². The van der Waals surface area contributed by atoms with Crippen LogP contribution in [0.4, 0.5) is 0 Å². The van der Waals surface area contributed by atoms with E-state index in [9.17, 15) is 0 Å². The normalized spacial score (nSPS) is 8.58. The van der Waals surface area contributed by atoms with Gasteiger partial charge in [0, 0.05) is 24.3 Å². The van der Waals surface area contributed by atoms with E-state index in [4.69, 9.17) is 5.73 Å². The van der Waals surface area contributed by atoms with Gasteiger partial charge in [-0.2, -0.15) is 5.10 Å². The van der Waals surface area contributed by atoms with E-state index >= 15 is 0 Å². The van der Waals surface area contributed by atoms with Gasteiger partial charge in [-0.1, -0.05) is 0 Å². The second-order valence-electron chi connectivity index (χ2n) is 2.28. The molecule has 1 heterocycles. The molecule has 72 valence electrons. The fourth-order valence-electron chi connectivity index (χ4n) is 1.00. The van der Waals surface area contributed by atoms with E-state index in [2.05, 4.69) is 12.0 Å². The molecule has 0 amide bonds. The lowest BCUT2D eigenvalue weighted by molar-refractivity contribution is 0.638. The van der Waals surface area contributed by atoms with E-state index in [0.717, 1.165) is 12.1 Å². The monoisotopic (exact) mass is 211 g/mol. The first-order chi connectivity index (χ1) is 4.79. The molecule has 0 bridgehead atoms. The Morgan fingerprint density at radius 2 is 2.08 bits per heavy atom. The fourth-order valence-corrected chi connectivity index (χ4v) is 1.00. The summed E-state index contributed by atoms with van der Waals surface area (Å²) in [6.45, 7) is 5.62. The highest BCUT2D eigenvalue weighted by molar-refractivity contribution is 5.85. The first-order valence-electron chi connectivity index (χ1n) is 3.51. The summed E-state index contributed by atoms with van der Waals surface area (Å²) in [5.41, 5.74) is 7.79. The molecule has 12 heavy (non-hydrogen) atoms. The molecule has 5 heteroatoms. The second-order valence-corrected chi connectivity index (χ2v) is 2.28. The van der Waals surface area contributed by atoms with Crippen molar-refractivity contribution in [1.29, 1.82) is 0 Å². The third-order valence-electron chi connectivity index (χ3n) is 1.72. The van der Waals surface area contributed by atoms with E-state index in [1.165, 1.54) is 5.69 Å². The van der Waals surface area contributed by atoms with Crippen LogP contribution in [0.25, 0.3) is 0 Å². The van der Waals surface area contributed by atoms with Crippen molar-refractivity contribution >= 4 is 24.8 Å². The molecule has 1 aromatic rings. The number of rotatable bonds is 2. The van der Waals surface area contributed by atoms with Crippen molar-refractivity contribution < 1.29 is 0 Å². The molecular formula is C7H15Cl2N3. The van der Waals surface area contributed by atoms with Gasteiger partial charge in [0.15, 0.2) is 0 Å². The number of aryl methyl sites for hydroxylation is 1. The molecule has 2 N–H and O–H groups in total. The smallest absolute Gasteiger partial charge is 0.0537 e. The van der Waals surface area contributed by atoms with Crippen LogP contribution in [0, 0.1) is 6.92 Å².